The van der Waals surface area contributed by atoms with E-state index in [0.29, 0.717) is 23.7 Å². The van der Waals surface area contributed by atoms with Gasteiger partial charge in [0, 0.05) is 31.4 Å². The molecule has 38 heavy (non-hydrogen) atoms. The van der Waals surface area contributed by atoms with E-state index in [9.17, 15) is 14.4 Å². The number of carbonyl (C=O) groups excluding carboxylic acids is 1. The predicted octanol–water partition coefficient (Wildman–Crippen LogP) is 6.96. The molecule has 0 radical (unpaired) electrons. The number of carbonyl (C=O) groups is 1. The number of nitrogens with zero attached hydrogens (tertiary/aromatic N) is 4. The van der Waals surface area contributed by atoms with Crippen LogP contribution in [0, 0.1) is 34.9 Å². The van der Waals surface area contributed by atoms with Gasteiger partial charge in [0.1, 0.15) is 5.82 Å². The highest BCUT2D eigenvalue weighted by Gasteiger charge is 2.58. The van der Waals surface area contributed by atoms with Crippen LogP contribution in [0.1, 0.15) is 63.5 Å². The first kappa shape index (κ1) is 29.4. The standard InChI is InChI=1S/C27H30ClFN4O.C2H6.CHN/c28-24-16-22(6-7-25(24)29)31-26(34)33(13-12-32-10-1-2-11-32)23-8-9-27(17-21(27)15-23)20-5-3-4-19(14-20)18-30;2*1-2/h3-7,14,16,21,23H,1-2,8-13,15,17H2,(H,31,34);1-2H3;1H. The van der Waals surface area contributed by atoms with Crippen LogP contribution in [0.15, 0.2) is 42.5 Å². The number of benzene rings is 2. The lowest BCUT2D eigenvalue weighted by Gasteiger charge is -2.37. The SMILES string of the molecule is C#N.CC.N#Cc1cccc(C23CCC(N(CCN4CCCC4)C(=O)Nc4ccc(F)c(Cl)c4)CC2C3)c1. The van der Waals surface area contributed by atoms with Crippen LogP contribution in [0.2, 0.25) is 5.02 Å². The molecule has 5 rings (SSSR count). The van der Waals surface area contributed by atoms with Crippen molar-refractivity contribution in [2.75, 3.05) is 31.5 Å². The quantitative estimate of drug-likeness (QED) is 0.432. The van der Waals surface area contributed by atoms with E-state index in [4.69, 9.17) is 16.9 Å². The first-order valence-electron chi connectivity index (χ1n) is 13.5. The summed E-state index contributed by atoms with van der Waals surface area (Å²) in [6.45, 7) is 11.2. The van der Waals surface area contributed by atoms with Crippen molar-refractivity contribution in [3.05, 3.63) is 64.4 Å². The number of fused-ring (bicyclic) bond motifs is 1. The van der Waals surface area contributed by atoms with E-state index in [0.717, 1.165) is 45.3 Å². The number of anilines is 1. The molecule has 3 atom stereocenters. The fourth-order valence-electron chi connectivity index (χ4n) is 6.02. The number of halogens is 2. The zero-order chi connectivity index (χ0) is 27.7. The summed E-state index contributed by atoms with van der Waals surface area (Å²) in [4.78, 5) is 17.8. The van der Waals surface area contributed by atoms with Gasteiger partial charge >= 0.3 is 6.03 Å². The second-order valence-corrected chi connectivity index (χ2v) is 10.4. The average Bonchev–Trinajstić information content (AvgIpc) is 3.47. The highest BCUT2D eigenvalue weighted by Crippen LogP contribution is 2.62. The van der Waals surface area contributed by atoms with Crippen molar-refractivity contribution in [1.82, 2.24) is 9.80 Å². The normalized spacial score (nSPS) is 23.4. The molecular formula is C30H37ClFN5O. The lowest BCUT2D eigenvalue weighted by atomic mass is 9.80. The van der Waals surface area contributed by atoms with Gasteiger partial charge in [-0.1, -0.05) is 37.6 Å². The summed E-state index contributed by atoms with van der Waals surface area (Å²) < 4.78 is 13.6. The van der Waals surface area contributed by atoms with Crippen molar-refractivity contribution in [1.29, 1.82) is 10.5 Å². The third kappa shape index (κ3) is 6.65. The van der Waals surface area contributed by atoms with E-state index < -0.39 is 5.82 Å². The van der Waals surface area contributed by atoms with Crippen molar-refractivity contribution in [3.8, 4) is 12.6 Å². The smallest absolute Gasteiger partial charge is 0.320 e. The molecule has 3 unspecified atom stereocenters. The number of nitriles is 2. The molecule has 2 amide bonds. The van der Waals surface area contributed by atoms with Crippen LogP contribution in [-0.4, -0.2) is 48.1 Å². The number of amides is 2. The van der Waals surface area contributed by atoms with Crippen LogP contribution in [0.4, 0.5) is 14.9 Å². The highest BCUT2D eigenvalue weighted by molar-refractivity contribution is 6.31. The van der Waals surface area contributed by atoms with Crippen LogP contribution in [0.3, 0.4) is 0 Å². The van der Waals surface area contributed by atoms with Crippen LogP contribution in [0.25, 0.3) is 0 Å². The third-order valence-corrected chi connectivity index (χ3v) is 8.30. The fraction of sp³-hybridized carbons (Fsp3) is 0.500. The van der Waals surface area contributed by atoms with Gasteiger partial charge in [-0.2, -0.15) is 5.26 Å². The molecule has 0 aromatic heterocycles. The van der Waals surface area contributed by atoms with Crippen LogP contribution in [0.5, 0.6) is 0 Å². The van der Waals surface area contributed by atoms with E-state index in [1.807, 2.05) is 36.9 Å². The Balaban J connectivity index is 0.000000956. The minimum absolute atomic E-state index is 0.00134. The summed E-state index contributed by atoms with van der Waals surface area (Å²) in [6.07, 6.45) is 6.48. The molecule has 3 fully saturated rings. The molecule has 202 valence electrons. The Labute approximate surface area is 231 Å². The number of likely N-dealkylation sites (tertiary alicyclic amines) is 1. The number of hydrogen-bond donors (Lipinski definition) is 1. The molecule has 8 heteroatoms. The van der Waals surface area contributed by atoms with Gasteiger partial charge in [-0.3, -0.25) is 0 Å². The van der Waals surface area contributed by atoms with Gasteiger partial charge in [-0.05, 0) is 98.8 Å². The Bertz CT molecular complexity index is 1160. The first-order chi connectivity index (χ1) is 18.5. The Hall–Kier alpha value is -3.13. The molecule has 2 aromatic carbocycles. The Morgan fingerprint density at radius 1 is 1.24 bits per heavy atom. The summed E-state index contributed by atoms with van der Waals surface area (Å²) in [5.41, 5.74) is 2.64. The summed E-state index contributed by atoms with van der Waals surface area (Å²) >= 11 is 5.93. The van der Waals surface area contributed by atoms with Gasteiger partial charge in [0.05, 0.1) is 16.7 Å². The van der Waals surface area contributed by atoms with Crippen molar-refractivity contribution in [2.45, 2.75) is 63.8 Å². The van der Waals surface area contributed by atoms with Crippen molar-refractivity contribution < 1.29 is 9.18 Å². The lowest BCUT2D eigenvalue weighted by molar-refractivity contribution is 0.149. The van der Waals surface area contributed by atoms with Gasteiger partial charge < -0.3 is 15.1 Å². The largest absolute Gasteiger partial charge is 0.322 e. The predicted molar refractivity (Wildman–Crippen MR) is 149 cm³/mol. The van der Waals surface area contributed by atoms with Gasteiger partial charge in [-0.15, -0.1) is 0 Å². The summed E-state index contributed by atoms with van der Waals surface area (Å²) in [5, 5.41) is 18.8. The lowest BCUT2D eigenvalue weighted by Crippen LogP contribution is -2.48. The fourth-order valence-corrected chi connectivity index (χ4v) is 6.20. The van der Waals surface area contributed by atoms with Crippen molar-refractivity contribution in [2.24, 2.45) is 5.92 Å². The molecule has 2 saturated carbocycles. The van der Waals surface area contributed by atoms with Gasteiger partial charge in [0.25, 0.3) is 0 Å². The minimum atomic E-state index is -0.497. The number of urea groups is 1. The van der Waals surface area contributed by atoms with Gasteiger partial charge in [-0.25, -0.2) is 14.4 Å². The molecule has 1 N–H and O–H groups in total. The van der Waals surface area contributed by atoms with Crippen LogP contribution < -0.4 is 5.32 Å². The molecule has 1 heterocycles. The molecule has 2 aliphatic carbocycles. The molecular weight excluding hydrogens is 501 g/mol. The van der Waals surface area contributed by atoms with E-state index in [2.05, 4.69) is 28.9 Å². The Morgan fingerprint density at radius 2 is 1.97 bits per heavy atom. The molecule has 1 aliphatic heterocycles. The van der Waals surface area contributed by atoms with E-state index in [1.165, 1.54) is 30.5 Å². The average molecular weight is 538 g/mol. The second-order valence-electron chi connectivity index (χ2n) is 9.98. The molecule has 6 nitrogen and oxygen atoms in total. The van der Waals surface area contributed by atoms with Crippen molar-refractivity contribution in [3.63, 3.8) is 0 Å². The van der Waals surface area contributed by atoms with E-state index >= 15 is 0 Å². The molecule has 1 saturated heterocycles. The highest BCUT2D eigenvalue weighted by atomic mass is 35.5. The van der Waals surface area contributed by atoms with E-state index in [1.54, 1.807) is 6.07 Å². The maximum absolute atomic E-state index is 13.6. The second kappa shape index (κ2) is 13.6. The molecule has 0 spiro atoms. The van der Waals surface area contributed by atoms with E-state index in [-0.39, 0.29) is 22.5 Å². The maximum Gasteiger partial charge on any atom is 0.322 e. The number of nitrogens with one attached hydrogen (secondary N) is 1. The van der Waals surface area contributed by atoms with Gasteiger partial charge in [0.2, 0.25) is 0 Å². The summed E-state index contributed by atoms with van der Waals surface area (Å²) in [7, 11) is 0. The Kier molecular flexibility index (Phi) is 10.5. The zero-order valence-electron chi connectivity index (χ0n) is 22.3. The van der Waals surface area contributed by atoms with Crippen LogP contribution in [-0.2, 0) is 5.41 Å². The minimum Gasteiger partial charge on any atom is -0.320 e. The van der Waals surface area contributed by atoms with Crippen LogP contribution >= 0.6 is 11.6 Å². The molecule has 0 bridgehead atoms. The van der Waals surface area contributed by atoms with Crippen molar-refractivity contribution >= 4 is 23.3 Å². The summed E-state index contributed by atoms with van der Waals surface area (Å²) in [6, 6.07) is 14.6. The first-order valence-corrected chi connectivity index (χ1v) is 13.9. The molecule has 3 aliphatic rings. The molecule has 2 aromatic rings. The summed E-state index contributed by atoms with van der Waals surface area (Å²) in [5.74, 6) is 0.0333. The van der Waals surface area contributed by atoms with Gasteiger partial charge in [0.15, 0.2) is 0 Å². The number of rotatable bonds is 6. The zero-order valence-corrected chi connectivity index (χ0v) is 23.1. The maximum atomic E-state index is 13.6. The topological polar surface area (TPSA) is 83.2 Å². The number of hydrogen-bond acceptors (Lipinski definition) is 4. The Morgan fingerprint density at radius 3 is 2.63 bits per heavy atom. The monoisotopic (exact) mass is 537 g/mol. The third-order valence-electron chi connectivity index (χ3n) is 8.01.